The molecule has 0 saturated heterocycles. The highest BCUT2D eigenvalue weighted by atomic mass is 16.3. The first-order chi connectivity index (χ1) is 10.0. The SMILES string of the molecule is CC(C)(C)c1ccc(O)cc1.CC(C)(C)c1ccccc1O. The standard InChI is InChI=1S/2C10H14O/c1-10(2,3)8-4-6-9(11)7-5-8;1-10(2,3)8-6-4-5-7-9(8)11/h2*4-7,11H,1-3H3. The minimum absolute atomic E-state index is 0.0331. The zero-order valence-corrected chi connectivity index (χ0v) is 14.5. The molecule has 2 heteroatoms. The highest BCUT2D eigenvalue weighted by Crippen LogP contribution is 2.29. The Kier molecular flexibility index (Phi) is 5.65. The van der Waals surface area contributed by atoms with Crippen LogP contribution in [0.1, 0.15) is 52.7 Å². The maximum Gasteiger partial charge on any atom is 0.119 e. The quantitative estimate of drug-likeness (QED) is 0.685. The second-order valence-corrected chi connectivity index (χ2v) is 7.56. The highest BCUT2D eigenvalue weighted by molar-refractivity contribution is 5.36. The van der Waals surface area contributed by atoms with E-state index in [1.54, 1.807) is 18.2 Å². The summed E-state index contributed by atoms with van der Waals surface area (Å²) >= 11 is 0. The summed E-state index contributed by atoms with van der Waals surface area (Å²) in [5.74, 6) is 0.720. The molecule has 2 nitrogen and oxygen atoms in total. The van der Waals surface area contributed by atoms with Crippen LogP contribution in [0.5, 0.6) is 11.5 Å². The molecule has 0 saturated carbocycles. The van der Waals surface area contributed by atoms with Crippen molar-refractivity contribution in [2.24, 2.45) is 0 Å². The van der Waals surface area contributed by atoms with Crippen molar-refractivity contribution >= 4 is 0 Å². The molecule has 0 radical (unpaired) electrons. The third kappa shape index (κ3) is 5.44. The number of rotatable bonds is 0. The van der Waals surface area contributed by atoms with Gasteiger partial charge in [-0.3, -0.25) is 0 Å². The monoisotopic (exact) mass is 300 g/mol. The van der Waals surface area contributed by atoms with Crippen LogP contribution in [0, 0.1) is 0 Å². The van der Waals surface area contributed by atoms with Crippen LogP contribution in [0.25, 0.3) is 0 Å². The number of para-hydroxylation sites is 1. The van der Waals surface area contributed by atoms with E-state index in [0.29, 0.717) is 11.5 Å². The van der Waals surface area contributed by atoms with Crippen LogP contribution in [0.3, 0.4) is 0 Å². The number of aromatic hydroxyl groups is 2. The Morgan fingerprint density at radius 1 is 0.636 bits per heavy atom. The van der Waals surface area contributed by atoms with Gasteiger partial charge in [0.1, 0.15) is 11.5 Å². The zero-order valence-electron chi connectivity index (χ0n) is 14.5. The molecule has 2 rings (SSSR count). The van der Waals surface area contributed by atoms with Gasteiger partial charge in [0.05, 0.1) is 0 Å². The average Bonchev–Trinajstić information content (AvgIpc) is 2.38. The van der Waals surface area contributed by atoms with Gasteiger partial charge in [0, 0.05) is 0 Å². The fourth-order valence-electron chi connectivity index (χ4n) is 2.07. The molecule has 2 N–H and O–H groups in total. The van der Waals surface area contributed by atoms with Crippen LogP contribution < -0.4 is 0 Å². The van der Waals surface area contributed by atoms with Crippen LogP contribution >= 0.6 is 0 Å². The van der Waals surface area contributed by atoms with E-state index in [-0.39, 0.29) is 10.8 Å². The molecule has 0 aliphatic heterocycles. The average molecular weight is 300 g/mol. The lowest BCUT2D eigenvalue weighted by Crippen LogP contribution is -2.10. The first-order valence-corrected chi connectivity index (χ1v) is 7.60. The lowest BCUT2D eigenvalue weighted by molar-refractivity contribution is 0.447. The Morgan fingerprint density at radius 2 is 1.14 bits per heavy atom. The Labute approximate surface area is 134 Å². The molecule has 0 aliphatic carbocycles. The number of hydrogen-bond donors (Lipinski definition) is 2. The molecule has 0 amide bonds. The summed E-state index contributed by atoms with van der Waals surface area (Å²) in [4.78, 5) is 0. The van der Waals surface area contributed by atoms with Crippen molar-refractivity contribution in [1.29, 1.82) is 0 Å². The number of phenolic OH excluding ortho intramolecular Hbond substituents is 2. The lowest BCUT2D eigenvalue weighted by Gasteiger charge is -2.19. The van der Waals surface area contributed by atoms with E-state index in [9.17, 15) is 5.11 Å². The van der Waals surface area contributed by atoms with Crippen LogP contribution in [-0.2, 0) is 10.8 Å². The van der Waals surface area contributed by atoms with Crippen molar-refractivity contribution in [2.45, 2.75) is 52.4 Å². The largest absolute Gasteiger partial charge is 0.508 e. The molecule has 0 bridgehead atoms. The molecule has 2 aromatic carbocycles. The fraction of sp³-hybridized carbons (Fsp3) is 0.400. The first-order valence-electron chi connectivity index (χ1n) is 7.60. The van der Waals surface area contributed by atoms with Gasteiger partial charge in [-0.25, -0.2) is 0 Å². The fourth-order valence-corrected chi connectivity index (χ4v) is 2.07. The number of phenols is 2. The van der Waals surface area contributed by atoms with E-state index in [4.69, 9.17) is 5.11 Å². The van der Waals surface area contributed by atoms with E-state index in [2.05, 4.69) is 41.5 Å². The Balaban J connectivity index is 0.000000220. The molecule has 0 unspecified atom stereocenters. The molecule has 22 heavy (non-hydrogen) atoms. The van der Waals surface area contributed by atoms with Crippen LogP contribution in [0.4, 0.5) is 0 Å². The summed E-state index contributed by atoms with van der Waals surface area (Å²) in [6, 6.07) is 14.8. The molecule has 0 heterocycles. The van der Waals surface area contributed by atoms with Crippen molar-refractivity contribution in [3.8, 4) is 11.5 Å². The third-order valence-electron chi connectivity index (χ3n) is 3.45. The molecule has 120 valence electrons. The van der Waals surface area contributed by atoms with Crippen molar-refractivity contribution in [1.82, 2.24) is 0 Å². The smallest absolute Gasteiger partial charge is 0.119 e. The van der Waals surface area contributed by atoms with Gasteiger partial charge in [0.15, 0.2) is 0 Å². The normalized spacial score (nSPS) is 11.5. The number of hydrogen-bond acceptors (Lipinski definition) is 2. The van der Waals surface area contributed by atoms with Gasteiger partial charge in [0.25, 0.3) is 0 Å². The van der Waals surface area contributed by atoms with E-state index < -0.39 is 0 Å². The predicted octanol–water partition coefficient (Wildman–Crippen LogP) is 5.38. The first kappa shape index (κ1) is 18.1. The van der Waals surface area contributed by atoms with Gasteiger partial charge in [-0.1, -0.05) is 71.9 Å². The van der Waals surface area contributed by atoms with Gasteiger partial charge in [-0.2, -0.15) is 0 Å². The summed E-state index contributed by atoms with van der Waals surface area (Å²) < 4.78 is 0. The second kappa shape index (κ2) is 6.87. The molecule has 0 spiro atoms. The van der Waals surface area contributed by atoms with Crippen molar-refractivity contribution in [2.75, 3.05) is 0 Å². The Bertz CT molecular complexity index is 584. The molecule has 0 aromatic heterocycles. The maximum absolute atomic E-state index is 9.45. The Morgan fingerprint density at radius 3 is 1.50 bits per heavy atom. The third-order valence-corrected chi connectivity index (χ3v) is 3.45. The van der Waals surface area contributed by atoms with Gasteiger partial charge >= 0.3 is 0 Å². The zero-order chi connectivity index (χ0) is 17.0. The summed E-state index contributed by atoms with van der Waals surface area (Å²) in [6.07, 6.45) is 0. The lowest BCUT2D eigenvalue weighted by atomic mass is 9.86. The molecule has 0 fully saturated rings. The minimum Gasteiger partial charge on any atom is -0.508 e. The van der Waals surface area contributed by atoms with E-state index >= 15 is 0 Å². The highest BCUT2D eigenvalue weighted by Gasteiger charge is 2.16. The molecular weight excluding hydrogens is 272 g/mol. The van der Waals surface area contributed by atoms with E-state index in [0.717, 1.165) is 5.56 Å². The minimum atomic E-state index is 0.0331. The van der Waals surface area contributed by atoms with Gasteiger partial charge in [-0.05, 0) is 40.2 Å². The van der Waals surface area contributed by atoms with Gasteiger partial charge in [0.2, 0.25) is 0 Å². The van der Waals surface area contributed by atoms with E-state index in [1.807, 2.05) is 30.3 Å². The topological polar surface area (TPSA) is 40.5 Å². The summed E-state index contributed by atoms with van der Waals surface area (Å²) in [5.41, 5.74) is 2.45. The van der Waals surface area contributed by atoms with Crippen molar-refractivity contribution in [3.63, 3.8) is 0 Å². The van der Waals surface area contributed by atoms with E-state index in [1.165, 1.54) is 5.56 Å². The van der Waals surface area contributed by atoms with Gasteiger partial charge < -0.3 is 10.2 Å². The second-order valence-electron chi connectivity index (χ2n) is 7.56. The number of benzene rings is 2. The van der Waals surface area contributed by atoms with Crippen LogP contribution in [0.15, 0.2) is 48.5 Å². The Hall–Kier alpha value is -1.96. The predicted molar refractivity (Wildman–Crippen MR) is 93.6 cm³/mol. The summed E-state index contributed by atoms with van der Waals surface area (Å²) in [6.45, 7) is 12.7. The van der Waals surface area contributed by atoms with Crippen LogP contribution in [0.2, 0.25) is 0 Å². The van der Waals surface area contributed by atoms with Gasteiger partial charge in [-0.15, -0.1) is 0 Å². The van der Waals surface area contributed by atoms with Crippen LogP contribution in [-0.4, -0.2) is 10.2 Å². The summed E-state index contributed by atoms with van der Waals surface area (Å²) in [5, 5.41) is 18.5. The van der Waals surface area contributed by atoms with Crippen molar-refractivity contribution in [3.05, 3.63) is 59.7 Å². The molecular formula is C20H28O2. The molecule has 0 atom stereocenters. The maximum atomic E-state index is 9.45. The molecule has 0 aliphatic rings. The molecule has 2 aromatic rings. The summed E-state index contributed by atoms with van der Waals surface area (Å²) in [7, 11) is 0. The van der Waals surface area contributed by atoms with Crippen molar-refractivity contribution < 1.29 is 10.2 Å².